The lowest BCUT2D eigenvalue weighted by molar-refractivity contribution is 0.391. The van der Waals surface area contributed by atoms with E-state index < -0.39 is 0 Å². The molecule has 0 aromatic carbocycles. The van der Waals surface area contributed by atoms with Gasteiger partial charge in [0.1, 0.15) is 5.82 Å². The van der Waals surface area contributed by atoms with Crippen molar-refractivity contribution in [1.29, 1.82) is 0 Å². The van der Waals surface area contributed by atoms with Gasteiger partial charge >= 0.3 is 0 Å². The van der Waals surface area contributed by atoms with Crippen molar-refractivity contribution in [3.63, 3.8) is 0 Å². The van der Waals surface area contributed by atoms with E-state index >= 15 is 0 Å². The fourth-order valence-electron chi connectivity index (χ4n) is 2.96. The van der Waals surface area contributed by atoms with Crippen LogP contribution in [-0.2, 0) is 0 Å². The second kappa shape index (κ2) is 6.13. The van der Waals surface area contributed by atoms with Gasteiger partial charge in [-0.3, -0.25) is 5.10 Å². The van der Waals surface area contributed by atoms with Crippen molar-refractivity contribution in [1.82, 2.24) is 20.5 Å². The van der Waals surface area contributed by atoms with Crippen LogP contribution in [0, 0.1) is 5.92 Å². The molecule has 2 N–H and O–H groups in total. The number of piperidine rings is 1. The number of H-pyrrole nitrogens is 1. The van der Waals surface area contributed by atoms with Gasteiger partial charge < -0.3 is 10.2 Å². The van der Waals surface area contributed by atoms with Crippen molar-refractivity contribution >= 4 is 17.7 Å². The van der Waals surface area contributed by atoms with Gasteiger partial charge in [-0.25, -0.2) is 0 Å². The molecule has 0 saturated carbocycles. The number of aromatic nitrogens is 3. The highest BCUT2D eigenvalue weighted by Crippen LogP contribution is 2.31. The number of nitrogens with one attached hydrogen (secondary N) is 2. The van der Waals surface area contributed by atoms with E-state index in [0.29, 0.717) is 5.92 Å². The van der Waals surface area contributed by atoms with Crippen molar-refractivity contribution in [3.05, 3.63) is 5.82 Å². The Morgan fingerprint density at radius 1 is 1.37 bits per heavy atom. The molecule has 5 nitrogen and oxygen atoms in total. The third-order valence-electron chi connectivity index (χ3n) is 4.20. The number of nitrogens with zero attached hydrogens (tertiary/aromatic N) is 3. The van der Waals surface area contributed by atoms with Crippen molar-refractivity contribution in [2.75, 3.05) is 43.1 Å². The normalized spacial score (nSPS) is 25.1. The Bertz CT molecular complexity index is 393. The Labute approximate surface area is 118 Å². The molecule has 19 heavy (non-hydrogen) atoms. The molecule has 2 saturated heterocycles. The molecule has 106 valence electrons. The Morgan fingerprint density at radius 3 is 2.89 bits per heavy atom. The summed E-state index contributed by atoms with van der Waals surface area (Å²) in [5, 5.41) is 10.8. The van der Waals surface area contributed by atoms with E-state index in [9.17, 15) is 0 Å². The minimum Gasteiger partial charge on any atom is -0.340 e. The SMILES string of the molecule is CNCC1CCN(c2n[nH]c(C3CCSC3)n2)CC1. The van der Waals surface area contributed by atoms with Crippen LogP contribution >= 0.6 is 11.8 Å². The molecule has 2 aliphatic heterocycles. The van der Waals surface area contributed by atoms with Crippen LogP contribution in [0.25, 0.3) is 0 Å². The molecule has 1 aromatic rings. The molecule has 2 aliphatic rings. The molecular weight excluding hydrogens is 258 g/mol. The van der Waals surface area contributed by atoms with E-state index in [2.05, 4.69) is 20.4 Å². The summed E-state index contributed by atoms with van der Waals surface area (Å²) < 4.78 is 0. The molecular formula is C13H23N5S. The van der Waals surface area contributed by atoms with Gasteiger partial charge in [0, 0.05) is 24.8 Å². The summed E-state index contributed by atoms with van der Waals surface area (Å²) >= 11 is 2.02. The zero-order chi connectivity index (χ0) is 13.1. The van der Waals surface area contributed by atoms with Crippen LogP contribution in [0.2, 0.25) is 0 Å². The van der Waals surface area contributed by atoms with Crippen LogP contribution in [0.1, 0.15) is 31.0 Å². The molecule has 0 radical (unpaired) electrons. The maximum Gasteiger partial charge on any atom is 0.244 e. The van der Waals surface area contributed by atoms with Gasteiger partial charge in [-0.05, 0) is 44.5 Å². The van der Waals surface area contributed by atoms with Gasteiger partial charge in [-0.1, -0.05) is 0 Å². The summed E-state index contributed by atoms with van der Waals surface area (Å²) in [6.07, 6.45) is 3.72. The molecule has 1 atom stereocenters. The van der Waals surface area contributed by atoms with E-state index in [4.69, 9.17) is 4.98 Å². The second-order valence-electron chi connectivity index (χ2n) is 5.57. The Balaban J connectivity index is 1.58. The van der Waals surface area contributed by atoms with Crippen molar-refractivity contribution < 1.29 is 0 Å². The smallest absolute Gasteiger partial charge is 0.244 e. The first-order chi connectivity index (χ1) is 9.36. The highest BCUT2D eigenvalue weighted by molar-refractivity contribution is 7.99. The third kappa shape index (κ3) is 3.05. The van der Waals surface area contributed by atoms with Crippen LogP contribution in [0.15, 0.2) is 0 Å². The molecule has 2 fully saturated rings. The number of hydrogen-bond donors (Lipinski definition) is 2. The lowest BCUT2D eigenvalue weighted by Gasteiger charge is -2.31. The Kier molecular flexibility index (Phi) is 4.28. The highest BCUT2D eigenvalue weighted by atomic mass is 32.2. The first-order valence-electron chi connectivity index (χ1n) is 7.26. The number of hydrogen-bond acceptors (Lipinski definition) is 5. The molecule has 0 amide bonds. The number of thioether (sulfide) groups is 1. The molecule has 6 heteroatoms. The van der Waals surface area contributed by atoms with Gasteiger partial charge in [-0.2, -0.15) is 16.7 Å². The first kappa shape index (κ1) is 13.2. The summed E-state index contributed by atoms with van der Waals surface area (Å²) in [5.41, 5.74) is 0. The van der Waals surface area contributed by atoms with E-state index in [0.717, 1.165) is 37.3 Å². The lowest BCUT2D eigenvalue weighted by atomic mass is 9.97. The minimum atomic E-state index is 0.591. The Hall–Kier alpha value is -0.750. The van der Waals surface area contributed by atoms with Crippen LogP contribution in [0.5, 0.6) is 0 Å². The molecule has 3 heterocycles. The van der Waals surface area contributed by atoms with Gasteiger partial charge in [0.05, 0.1) is 0 Å². The Morgan fingerprint density at radius 2 is 2.21 bits per heavy atom. The fourth-order valence-corrected chi connectivity index (χ4v) is 4.19. The maximum absolute atomic E-state index is 4.72. The van der Waals surface area contributed by atoms with E-state index in [-0.39, 0.29) is 0 Å². The largest absolute Gasteiger partial charge is 0.340 e. The summed E-state index contributed by atoms with van der Waals surface area (Å²) in [5.74, 6) is 5.86. The summed E-state index contributed by atoms with van der Waals surface area (Å²) in [7, 11) is 2.04. The average Bonchev–Trinajstić information content (AvgIpc) is 3.11. The topological polar surface area (TPSA) is 56.8 Å². The van der Waals surface area contributed by atoms with Crippen molar-refractivity contribution in [3.8, 4) is 0 Å². The molecule has 3 rings (SSSR count). The first-order valence-corrected chi connectivity index (χ1v) is 8.42. The average molecular weight is 281 g/mol. The standard InChI is InChI=1S/C13H23N5S/c1-14-8-10-2-5-18(6-3-10)13-15-12(16-17-13)11-4-7-19-9-11/h10-11,14H,2-9H2,1H3,(H,15,16,17). The van der Waals surface area contributed by atoms with E-state index in [1.54, 1.807) is 0 Å². The number of anilines is 1. The van der Waals surface area contributed by atoms with Crippen LogP contribution in [0.4, 0.5) is 5.95 Å². The fraction of sp³-hybridized carbons (Fsp3) is 0.846. The quantitative estimate of drug-likeness (QED) is 0.875. The third-order valence-corrected chi connectivity index (χ3v) is 5.36. The molecule has 1 aromatic heterocycles. The zero-order valence-electron chi connectivity index (χ0n) is 11.6. The number of aromatic amines is 1. The van der Waals surface area contributed by atoms with E-state index in [1.165, 1.54) is 30.8 Å². The molecule has 1 unspecified atom stereocenters. The van der Waals surface area contributed by atoms with Gasteiger partial charge in [-0.15, -0.1) is 5.10 Å². The second-order valence-corrected chi connectivity index (χ2v) is 6.72. The summed E-state index contributed by atoms with van der Waals surface area (Å²) in [6, 6.07) is 0. The van der Waals surface area contributed by atoms with Gasteiger partial charge in [0.2, 0.25) is 5.95 Å². The highest BCUT2D eigenvalue weighted by Gasteiger charge is 2.24. The predicted molar refractivity (Wildman–Crippen MR) is 79.9 cm³/mol. The van der Waals surface area contributed by atoms with Crippen molar-refractivity contribution in [2.45, 2.75) is 25.2 Å². The summed E-state index contributed by atoms with van der Waals surface area (Å²) in [6.45, 7) is 3.30. The zero-order valence-corrected chi connectivity index (χ0v) is 12.4. The van der Waals surface area contributed by atoms with E-state index in [1.807, 2.05) is 18.8 Å². The van der Waals surface area contributed by atoms with Crippen LogP contribution in [-0.4, -0.2) is 53.4 Å². The minimum absolute atomic E-state index is 0.591. The molecule has 0 aliphatic carbocycles. The van der Waals surface area contributed by atoms with Crippen molar-refractivity contribution in [2.24, 2.45) is 5.92 Å². The molecule has 0 bridgehead atoms. The van der Waals surface area contributed by atoms with Crippen LogP contribution < -0.4 is 10.2 Å². The van der Waals surface area contributed by atoms with Gasteiger partial charge in [0.15, 0.2) is 0 Å². The maximum atomic E-state index is 4.72. The number of rotatable bonds is 4. The monoisotopic (exact) mass is 281 g/mol. The van der Waals surface area contributed by atoms with Gasteiger partial charge in [0.25, 0.3) is 0 Å². The van der Waals surface area contributed by atoms with Crippen LogP contribution in [0.3, 0.4) is 0 Å². The summed E-state index contributed by atoms with van der Waals surface area (Å²) in [4.78, 5) is 7.04. The lowest BCUT2D eigenvalue weighted by Crippen LogP contribution is -2.37. The molecule has 0 spiro atoms. The predicted octanol–water partition coefficient (Wildman–Crippen LogP) is 1.46.